The summed E-state index contributed by atoms with van der Waals surface area (Å²) in [6, 6.07) is 20.6. The number of anilines is 2. The van der Waals surface area contributed by atoms with Gasteiger partial charge in [0.05, 0.1) is 5.02 Å². The van der Waals surface area contributed by atoms with Gasteiger partial charge >= 0.3 is 0 Å². The van der Waals surface area contributed by atoms with E-state index in [1.54, 1.807) is 41.3 Å². The molecule has 1 N–H and O–H groups in total. The number of carbonyl (C=O) groups excluding carboxylic acids is 1. The van der Waals surface area contributed by atoms with Gasteiger partial charge in [-0.25, -0.2) is 8.42 Å². The van der Waals surface area contributed by atoms with Gasteiger partial charge in [0, 0.05) is 23.0 Å². The molecule has 1 heterocycles. The van der Waals surface area contributed by atoms with Gasteiger partial charge in [0.15, 0.2) is 0 Å². The monoisotopic (exact) mass is 426 g/mol. The molecule has 3 aromatic carbocycles. The summed E-state index contributed by atoms with van der Waals surface area (Å²) in [6.45, 7) is 1.97. The topological polar surface area (TPSA) is 66.5 Å². The number of rotatable bonds is 4. The minimum atomic E-state index is -3.95. The fourth-order valence-corrected chi connectivity index (χ4v) is 5.16. The maximum atomic E-state index is 13.2. The van der Waals surface area contributed by atoms with Crippen LogP contribution in [0.1, 0.15) is 22.8 Å². The van der Waals surface area contributed by atoms with Crippen molar-refractivity contribution in [1.29, 1.82) is 0 Å². The Morgan fingerprint density at radius 1 is 1.03 bits per heavy atom. The highest BCUT2D eigenvalue weighted by Gasteiger charge is 2.32. The van der Waals surface area contributed by atoms with Crippen molar-refractivity contribution in [3.63, 3.8) is 0 Å². The van der Waals surface area contributed by atoms with Gasteiger partial charge in [0.1, 0.15) is 4.90 Å². The number of nitrogens with zero attached hydrogens (tertiary/aromatic N) is 1. The third-order valence-corrected chi connectivity index (χ3v) is 6.78. The summed E-state index contributed by atoms with van der Waals surface area (Å²) in [5, 5.41) is 0.0554. The van der Waals surface area contributed by atoms with Crippen molar-refractivity contribution >= 4 is 38.9 Å². The Bertz CT molecular complexity index is 1180. The van der Waals surface area contributed by atoms with Crippen LogP contribution in [0.15, 0.2) is 77.7 Å². The molecular formula is C22H19ClN2O3S. The molecule has 0 spiro atoms. The number of nitrogens with one attached hydrogen (secondary N) is 1. The van der Waals surface area contributed by atoms with Crippen molar-refractivity contribution in [2.45, 2.75) is 24.3 Å². The van der Waals surface area contributed by atoms with E-state index in [1.165, 1.54) is 12.1 Å². The van der Waals surface area contributed by atoms with Gasteiger partial charge in [-0.2, -0.15) is 0 Å². The molecule has 1 aliphatic rings. The highest BCUT2D eigenvalue weighted by Crippen LogP contribution is 2.34. The van der Waals surface area contributed by atoms with E-state index < -0.39 is 10.0 Å². The zero-order valence-electron chi connectivity index (χ0n) is 15.7. The molecule has 29 heavy (non-hydrogen) atoms. The van der Waals surface area contributed by atoms with E-state index in [-0.39, 0.29) is 27.4 Å². The SMILES string of the molecule is C[C@@H]1Cc2ccccc2N1C(=O)c1ccc(Cl)c(S(=O)(=O)Nc2ccccc2)c1. The van der Waals surface area contributed by atoms with Crippen LogP contribution < -0.4 is 9.62 Å². The number of halogens is 1. The molecule has 0 saturated carbocycles. The number of sulfonamides is 1. The molecule has 1 atom stereocenters. The minimum Gasteiger partial charge on any atom is -0.305 e. The smallest absolute Gasteiger partial charge is 0.263 e. The Morgan fingerprint density at radius 2 is 1.72 bits per heavy atom. The molecule has 0 saturated heterocycles. The van der Waals surface area contributed by atoms with Crippen LogP contribution >= 0.6 is 11.6 Å². The van der Waals surface area contributed by atoms with E-state index in [4.69, 9.17) is 11.6 Å². The number of hydrogen-bond donors (Lipinski definition) is 1. The van der Waals surface area contributed by atoms with Crippen LogP contribution in [-0.4, -0.2) is 20.4 Å². The van der Waals surface area contributed by atoms with Crippen molar-refractivity contribution in [3.8, 4) is 0 Å². The Labute approximate surface area is 175 Å². The zero-order valence-corrected chi connectivity index (χ0v) is 17.2. The highest BCUT2D eigenvalue weighted by atomic mass is 35.5. The molecule has 0 radical (unpaired) electrons. The predicted octanol–water partition coefficient (Wildman–Crippen LogP) is 4.73. The molecule has 3 aromatic rings. The summed E-state index contributed by atoms with van der Waals surface area (Å²) in [7, 11) is -3.95. The Balaban J connectivity index is 1.69. The average molecular weight is 427 g/mol. The normalized spacial score (nSPS) is 15.8. The molecule has 1 amide bonds. The molecule has 148 valence electrons. The van der Waals surface area contributed by atoms with Crippen molar-refractivity contribution in [1.82, 2.24) is 0 Å². The van der Waals surface area contributed by atoms with Crippen LogP contribution in [0.2, 0.25) is 5.02 Å². The molecule has 4 rings (SSSR count). The van der Waals surface area contributed by atoms with E-state index in [2.05, 4.69) is 4.72 Å². The second-order valence-corrected chi connectivity index (χ2v) is 9.03. The van der Waals surface area contributed by atoms with Crippen molar-refractivity contribution in [2.24, 2.45) is 0 Å². The lowest BCUT2D eigenvalue weighted by Gasteiger charge is -2.23. The van der Waals surface area contributed by atoms with E-state index in [1.807, 2.05) is 31.2 Å². The van der Waals surface area contributed by atoms with Crippen molar-refractivity contribution in [2.75, 3.05) is 9.62 Å². The second-order valence-electron chi connectivity index (χ2n) is 6.97. The fraction of sp³-hybridized carbons (Fsp3) is 0.136. The molecule has 1 aliphatic heterocycles. The largest absolute Gasteiger partial charge is 0.305 e. The van der Waals surface area contributed by atoms with Gasteiger partial charge < -0.3 is 4.90 Å². The van der Waals surface area contributed by atoms with Gasteiger partial charge in [0.25, 0.3) is 15.9 Å². The molecule has 0 aliphatic carbocycles. The Kier molecular flexibility index (Phi) is 5.06. The van der Waals surface area contributed by atoms with Crippen LogP contribution in [0, 0.1) is 0 Å². The number of carbonyl (C=O) groups is 1. The lowest BCUT2D eigenvalue weighted by Crippen LogP contribution is -2.35. The minimum absolute atomic E-state index is 0.0157. The summed E-state index contributed by atoms with van der Waals surface area (Å²) >= 11 is 6.18. The molecule has 0 fully saturated rings. The van der Waals surface area contributed by atoms with Crippen molar-refractivity contribution in [3.05, 3.63) is 88.9 Å². The molecule has 0 aromatic heterocycles. The summed E-state index contributed by atoms with van der Waals surface area (Å²) < 4.78 is 28.2. The van der Waals surface area contributed by atoms with Gasteiger partial charge in [-0.15, -0.1) is 0 Å². The number of benzene rings is 3. The molecule has 7 heteroatoms. The van der Waals surface area contributed by atoms with Crippen LogP contribution in [0.25, 0.3) is 0 Å². The first-order valence-electron chi connectivity index (χ1n) is 9.16. The number of hydrogen-bond acceptors (Lipinski definition) is 3. The molecule has 0 unspecified atom stereocenters. The maximum absolute atomic E-state index is 13.2. The van der Waals surface area contributed by atoms with Gasteiger partial charge in [0.2, 0.25) is 0 Å². The maximum Gasteiger partial charge on any atom is 0.263 e. The first kappa shape index (κ1) is 19.5. The van der Waals surface area contributed by atoms with E-state index in [0.717, 1.165) is 17.7 Å². The highest BCUT2D eigenvalue weighted by molar-refractivity contribution is 7.92. The lowest BCUT2D eigenvalue weighted by atomic mass is 10.1. The number of para-hydroxylation sites is 2. The van der Waals surface area contributed by atoms with Gasteiger partial charge in [-0.3, -0.25) is 9.52 Å². The van der Waals surface area contributed by atoms with Crippen LogP contribution in [0.3, 0.4) is 0 Å². The van der Waals surface area contributed by atoms with Crippen LogP contribution in [-0.2, 0) is 16.4 Å². The molecular weight excluding hydrogens is 408 g/mol. The first-order chi connectivity index (χ1) is 13.9. The zero-order chi connectivity index (χ0) is 20.6. The number of amides is 1. The first-order valence-corrected chi connectivity index (χ1v) is 11.0. The average Bonchev–Trinajstić information content (AvgIpc) is 3.03. The third-order valence-electron chi connectivity index (χ3n) is 4.92. The van der Waals surface area contributed by atoms with Crippen molar-refractivity contribution < 1.29 is 13.2 Å². The van der Waals surface area contributed by atoms with Gasteiger partial charge in [-0.1, -0.05) is 48.0 Å². The lowest BCUT2D eigenvalue weighted by molar-refractivity contribution is 0.0981. The van der Waals surface area contributed by atoms with E-state index in [9.17, 15) is 13.2 Å². The summed E-state index contributed by atoms with van der Waals surface area (Å²) in [4.78, 5) is 14.8. The summed E-state index contributed by atoms with van der Waals surface area (Å²) in [5.41, 5.74) is 2.64. The standard InChI is InChI=1S/C22H19ClN2O3S/c1-15-13-16-7-5-6-10-20(16)25(15)22(26)17-11-12-19(23)21(14-17)29(27,28)24-18-8-3-2-4-9-18/h2-12,14-15,24H,13H2,1H3/t15-/m1/s1. The summed E-state index contributed by atoms with van der Waals surface area (Å²) in [5.74, 6) is -0.254. The quantitative estimate of drug-likeness (QED) is 0.655. The van der Waals surface area contributed by atoms with E-state index >= 15 is 0 Å². The molecule has 5 nitrogen and oxygen atoms in total. The second kappa shape index (κ2) is 7.54. The van der Waals surface area contributed by atoms with Crippen LogP contribution in [0.4, 0.5) is 11.4 Å². The summed E-state index contributed by atoms with van der Waals surface area (Å²) in [6.07, 6.45) is 0.760. The Morgan fingerprint density at radius 3 is 2.48 bits per heavy atom. The molecule has 0 bridgehead atoms. The predicted molar refractivity (Wildman–Crippen MR) is 115 cm³/mol. The Hall–Kier alpha value is -2.83. The fourth-order valence-electron chi connectivity index (χ4n) is 3.57. The van der Waals surface area contributed by atoms with E-state index in [0.29, 0.717) is 5.69 Å². The third kappa shape index (κ3) is 3.73. The van der Waals surface area contributed by atoms with Gasteiger partial charge in [-0.05, 0) is 55.3 Å². The number of fused-ring (bicyclic) bond motifs is 1. The van der Waals surface area contributed by atoms with Crippen LogP contribution in [0.5, 0.6) is 0 Å².